The molecule has 0 radical (unpaired) electrons. The number of carbonyl (C=O) groups is 2. The van der Waals surface area contributed by atoms with Gasteiger partial charge in [-0.15, -0.1) is 0 Å². The molecule has 0 N–H and O–H groups in total. The van der Waals surface area contributed by atoms with Crippen LogP contribution in [-0.2, 0) is 9.47 Å². The highest BCUT2D eigenvalue weighted by molar-refractivity contribution is 6.37. The fourth-order valence-corrected chi connectivity index (χ4v) is 5.05. The molecule has 0 spiro atoms. The molecule has 0 aliphatic rings. The zero-order valence-corrected chi connectivity index (χ0v) is 25.7. The van der Waals surface area contributed by atoms with Crippen molar-refractivity contribution < 1.29 is 28.5 Å². The van der Waals surface area contributed by atoms with Crippen molar-refractivity contribution in [3.05, 3.63) is 84.3 Å². The van der Waals surface area contributed by atoms with Crippen LogP contribution in [0.3, 0.4) is 0 Å². The van der Waals surface area contributed by atoms with Crippen LogP contribution in [0.4, 0.5) is 5.69 Å². The average molecular weight is 629 g/mol. The highest BCUT2D eigenvalue weighted by atomic mass is 35.5. The molecular weight excluding hydrogens is 600 g/mol. The average Bonchev–Trinajstić information content (AvgIpc) is 2.91. The Morgan fingerprint density at radius 1 is 0.650 bits per heavy atom. The molecule has 0 saturated carbocycles. The molecule has 0 heterocycles. The summed E-state index contributed by atoms with van der Waals surface area (Å²) in [5, 5.41) is 0.805. The third-order valence-electron chi connectivity index (χ3n) is 6.28. The van der Waals surface area contributed by atoms with Crippen molar-refractivity contribution in [3.8, 4) is 11.5 Å². The first-order valence-electron chi connectivity index (χ1n) is 12.2. The van der Waals surface area contributed by atoms with E-state index < -0.39 is 11.9 Å². The third-order valence-corrected chi connectivity index (χ3v) is 7.50. The van der Waals surface area contributed by atoms with Gasteiger partial charge in [-0.05, 0) is 67.8 Å². The Balaban J connectivity index is 1.77. The second kappa shape index (κ2) is 14.2. The summed E-state index contributed by atoms with van der Waals surface area (Å²) in [6.45, 7) is 6.66. The zero-order valence-electron chi connectivity index (χ0n) is 22.7. The van der Waals surface area contributed by atoms with Crippen LogP contribution in [0.2, 0.25) is 20.1 Å². The van der Waals surface area contributed by atoms with E-state index in [2.05, 4.69) is 6.07 Å². The topological polar surface area (TPSA) is 74.3 Å². The number of hydrogen-bond acceptors (Lipinski definition) is 7. The van der Waals surface area contributed by atoms with Gasteiger partial charge in [0.05, 0.1) is 47.4 Å². The Labute approximate surface area is 253 Å². The molecule has 0 atom stereocenters. The molecule has 3 rings (SSSR count). The number of methoxy groups -OCH3 is 2. The number of ether oxygens (including phenoxy) is 4. The Bertz CT molecular complexity index is 1330. The van der Waals surface area contributed by atoms with Crippen LogP contribution in [0.5, 0.6) is 11.5 Å². The number of hydrogen-bond donors (Lipinski definition) is 0. The maximum absolute atomic E-state index is 12.9. The van der Waals surface area contributed by atoms with Crippen LogP contribution in [0.1, 0.15) is 37.4 Å². The van der Waals surface area contributed by atoms with Gasteiger partial charge in [0.1, 0.15) is 24.3 Å². The maximum atomic E-state index is 12.9. The Kier molecular flexibility index (Phi) is 11.2. The first kappa shape index (κ1) is 31.7. The predicted octanol–water partition coefficient (Wildman–Crippen LogP) is 7.76. The maximum Gasteiger partial charge on any atom is 0.343 e. The molecule has 0 aliphatic heterocycles. The van der Waals surface area contributed by atoms with Crippen molar-refractivity contribution in [2.75, 3.05) is 45.4 Å². The van der Waals surface area contributed by atoms with Crippen LogP contribution >= 0.6 is 46.4 Å². The Morgan fingerprint density at radius 3 is 1.48 bits per heavy atom. The molecule has 0 bridgehead atoms. The molecule has 0 amide bonds. The zero-order chi connectivity index (χ0) is 29.6. The van der Waals surface area contributed by atoms with Crippen molar-refractivity contribution in [2.45, 2.75) is 20.8 Å². The molecule has 11 heteroatoms. The normalized spacial score (nSPS) is 10.7. The summed E-state index contributed by atoms with van der Waals surface area (Å²) in [5.41, 5.74) is 4.25. The third kappa shape index (κ3) is 7.26. The fourth-order valence-electron chi connectivity index (χ4n) is 4.13. The second-order valence-electron chi connectivity index (χ2n) is 8.86. The summed E-state index contributed by atoms with van der Waals surface area (Å²) in [7, 11) is 2.79. The van der Waals surface area contributed by atoms with Gasteiger partial charge in [-0.3, -0.25) is 0 Å². The molecular formula is C29H29Cl4NO6. The SMILES string of the molecule is COc1c(Cl)ccc(Cl)c1C(=O)OCCN(CCOC(=O)c1c(Cl)ccc(Cl)c1OC)c1cc(C)c(C)cc1C. The van der Waals surface area contributed by atoms with E-state index in [1.54, 1.807) is 0 Å². The number of rotatable bonds is 11. The largest absolute Gasteiger partial charge is 0.494 e. The number of aryl methyl sites for hydroxylation is 3. The van der Waals surface area contributed by atoms with Crippen molar-refractivity contribution in [3.63, 3.8) is 0 Å². The second-order valence-corrected chi connectivity index (χ2v) is 10.5. The summed E-state index contributed by atoms with van der Waals surface area (Å²) < 4.78 is 21.6. The Hall–Kier alpha value is -2.84. The van der Waals surface area contributed by atoms with E-state index in [4.69, 9.17) is 65.4 Å². The summed E-state index contributed by atoms with van der Waals surface area (Å²) in [6.07, 6.45) is 0. The van der Waals surface area contributed by atoms with E-state index in [9.17, 15) is 9.59 Å². The van der Waals surface area contributed by atoms with Crippen molar-refractivity contribution in [2.24, 2.45) is 0 Å². The predicted molar refractivity (Wildman–Crippen MR) is 159 cm³/mol. The number of carbonyl (C=O) groups excluding carboxylic acids is 2. The molecule has 0 saturated heterocycles. The van der Waals surface area contributed by atoms with Crippen molar-refractivity contribution >= 4 is 64.0 Å². The van der Waals surface area contributed by atoms with Gasteiger partial charge in [0.25, 0.3) is 0 Å². The number of anilines is 1. The molecule has 214 valence electrons. The van der Waals surface area contributed by atoms with Crippen LogP contribution < -0.4 is 14.4 Å². The first-order chi connectivity index (χ1) is 19.0. The standard InChI is InChI=1S/C29H29Cl4NO6/c1-16-14-18(3)23(15-17(16)2)34(10-12-39-28(35)24-19(30)6-8-21(32)26(24)37-4)11-13-40-29(36)25-20(31)7-9-22(33)27(25)38-5/h6-9,14-15H,10-13H2,1-5H3. The van der Waals surface area contributed by atoms with Gasteiger partial charge in [0.2, 0.25) is 0 Å². The summed E-state index contributed by atoms with van der Waals surface area (Å²) in [5.74, 6) is -1.06. The fraction of sp³-hybridized carbons (Fsp3) is 0.310. The number of benzene rings is 3. The molecule has 3 aromatic carbocycles. The minimum absolute atomic E-state index is 0.0130. The molecule has 0 fully saturated rings. The summed E-state index contributed by atoms with van der Waals surface area (Å²) in [4.78, 5) is 27.8. The number of halogens is 4. The monoisotopic (exact) mass is 627 g/mol. The van der Waals surface area contributed by atoms with Crippen LogP contribution in [0.15, 0.2) is 36.4 Å². The van der Waals surface area contributed by atoms with Gasteiger partial charge in [-0.2, -0.15) is 0 Å². The lowest BCUT2D eigenvalue weighted by molar-refractivity contribution is 0.0501. The van der Waals surface area contributed by atoms with E-state index in [0.29, 0.717) is 13.1 Å². The highest BCUT2D eigenvalue weighted by Gasteiger charge is 2.23. The minimum atomic E-state index is -0.671. The van der Waals surface area contributed by atoms with Gasteiger partial charge >= 0.3 is 11.9 Å². The smallest absolute Gasteiger partial charge is 0.343 e. The minimum Gasteiger partial charge on any atom is -0.494 e. The van der Waals surface area contributed by atoms with Crippen LogP contribution in [0.25, 0.3) is 0 Å². The lowest BCUT2D eigenvalue weighted by Crippen LogP contribution is -2.33. The van der Waals surface area contributed by atoms with Gasteiger partial charge in [0, 0.05) is 5.69 Å². The highest BCUT2D eigenvalue weighted by Crippen LogP contribution is 2.35. The van der Waals surface area contributed by atoms with E-state index >= 15 is 0 Å². The Morgan fingerprint density at radius 2 is 1.05 bits per heavy atom. The summed E-state index contributed by atoms with van der Waals surface area (Å²) >= 11 is 24.8. The number of esters is 2. The summed E-state index contributed by atoms with van der Waals surface area (Å²) in [6, 6.07) is 10.2. The quantitative estimate of drug-likeness (QED) is 0.201. The van der Waals surface area contributed by atoms with E-state index in [1.165, 1.54) is 38.5 Å². The van der Waals surface area contributed by atoms with E-state index in [0.717, 1.165) is 22.4 Å². The molecule has 7 nitrogen and oxygen atoms in total. The van der Waals surface area contributed by atoms with E-state index in [-0.39, 0.29) is 55.9 Å². The first-order valence-corrected chi connectivity index (χ1v) is 13.7. The van der Waals surface area contributed by atoms with Crippen molar-refractivity contribution in [1.29, 1.82) is 0 Å². The number of nitrogens with zero attached hydrogens (tertiary/aromatic N) is 1. The molecule has 40 heavy (non-hydrogen) atoms. The van der Waals surface area contributed by atoms with Gasteiger partial charge in [-0.1, -0.05) is 52.5 Å². The lowest BCUT2D eigenvalue weighted by atomic mass is 10.0. The van der Waals surface area contributed by atoms with Gasteiger partial charge in [0.15, 0.2) is 11.5 Å². The van der Waals surface area contributed by atoms with Crippen LogP contribution in [0, 0.1) is 20.8 Å². The van der Waals surface area contributed by atoms with Gasteiger partial charge in [-0.25, -0.2) is 9.59 Å². The molecule has 3 aromatic rings. The lowest BCUT2D eigenvalue weighted by Gasteiger charge is -2.27. The molecule has 0 unspecified atom stereocenters. The van der Waals surface area contributed by atoms with E-state index in [1.807, 2.05) is 31.7 Å². The van der Waals surface area contributed by atoms with Crippen molar-refractivity contribution in [1.82, 2.24) is 0 Å². The van der Waals surface area contributed by atoms with Gasteiger partial charge < -0.3 is 23.8 Å². The molecule has 0 aromatic heterocycles. The van der Waals surface area contributed by atoms with Crippen LogP contribution in [-0.4, -0.2) is 52.5 Å². The molecule has 0 aliphatic carbocycles.